The molecule has 0 radical (unpaired) electrons. The second-order valence-corrected chi connectivity index (χ2v) is 6.82. The van der Waals surface area contributed by atoms with Crippen LogP contribution in [0.1, 0.15) is 38.3 Å². The topological polar surface area (TPSA) is 53.6 Å². The molecule has 1 aromatic rings. The Balaban J connectivity index is 2.09. The summed E-state index contributed by atoms with van der Waals surface area (Å²) in [7, 11) is 1.68. The molecule has 0 saturated carbocycles. The maximum absolute atomic E-state index is 13.0. The number of ether oxygens (including phenoxy) is 1. The van der Waals surface area contributed by atoms with Gasteiger partial charge in [-0.2, -0.15) is 0 Å². The van der Waals surface area contributed by atoms with Crippen LogP contribution in [0.3, 0.4) is 0 Å². The summed E-state index contributed by atoms with van der Waals surface area (Å²) in [6.45, 7) is 9.11. The molecule has 140 valence electrons. The largest absolute Gasteiger partial charge is 0.384 e. The first-order valence-corrected chi connectivity index (χ1v) is 9.43. The molecular weight excluding hydrogens is 314 g/mol. The number of likely N-dealkylation sites (N-methyl/N-ethyl adjacent to an activating group) is 1. The van der Waals surface area contributed by atoms with E-state index in [-0.39, 0.29) is 11.9 Å². The molecule has 0 spiro atoms. The molecule has 0 aliphatic carbocycles. The maximum Gasteiger partial charge on any atom is 0.228 e. The van der Waals surface area contributed by atoms with Crippen LogP contribution in [0.4, 0.5) is 0 Å². The van der Waals surface area contributed by atoms with Gasteiger partial charge in [-0.1, -0.05) is 44.2 Å². The van der Waals surface area contributed by atoms with E-state index in [9.17, 15) is 4.79 Å². The van der Waals surface area contributed by atoms with Crippen molar-refractivity contribution < 1.29 is 9.53 Å². The van der Waals surface area contributed by atoms with Gasteiger partial charge < -0.3 is 15.4 Å². The van der Waals surface area contributed by atoms with Gasteiger partial charge in [0.25, 0.3) is 0 Å². The minimum atomic E-state index is -0.398. The molecule has 1 saturated heterocycles. The van der Waals surface area contributed by atoms with E-state index in [2.05, 4.69) is 53.6 Å². The van der Waals surface area contributed by atoms with Gasteiger partial charge in [0.15, 0.2) is 0 Å². The fourth-order valence-electron chi connectivity index (χ4n) is 3.79. The van der Waals surface area contributed by atoms with Crippen LogP contribution < -0.4 is 10.6 Å². The van der Waals surface area contributed by atoms with Gasteiger partial charge in [0.1, 0.15) is 0 Å². The molecule has 5 heteroatoms. The van der Waals surface area contributed by atoms with Crippen LogP contribution in [-0.2, 0) is 9.53 Å². The molecule has 0 aromatic heterocycles. The lowest BCUT2D eigenvalue weighted by molar-refractivity contribution is -0.136. The predicted octanol–water partition coefficient (Wildman–Crippen LogP) is 2.20. The fraction of sp³-hybridized carbons (Fsp3) is 0.650. The quantitative estimate of drug-likeness (QED) is 0.719. The van der Waals surface area contributed by atoms with Gasteiger partial charge in [-0.05, 0) is 44.6 Å². The zero-order chi connectivity index (χ0) is 18.1. The van der Waals surface area contributed by atoms with Gasteiger partial charge >= 0.3 is 0 Å². The molecule has 5 nitrogen and oxygen atoms in total. The lowest BCUT2D eigenvalue weighted by atomic mass is 9.78. The summed E-state index contributed by atoms with van der Waals surface area (Å²) in [6.07, 6.45) is 1.65. The van der Waals surface area contributed by atoms with Crippen molar-refractivity contribution in [3.05, 3.63) is 35.9 Å². The first-order chi connectivity index (χ1) is 12.2. The lowest BCUT2D eigenvalue weighted by Gasteiger charge is -2.37. The fourth-order valence-corrected chi connectivity index (χ4v) is 3.79. The number of hydrogen-bond acceptors (Lipinski definition) is 4. The van der Waals surface area contributed by atoms with E-state index in [1.165, 1.54) is 5.56 Å². The van der Waals surface area contributed by atoms with Crippen LogP contribution in [0, 0.1) is 5.41 Å². The number of nitrogens with zero attached hydrogens (tertiary/aromatic N) is 1. The van der Waals surface area contributed by atoms with Crippen LogP contribution >= 0.6 is 0 Å². The Morgan fingerprint density at radius 1 is 1.24 bits per heavy atom. The number of carbonyl (C=O) groups is 1. The summed E-state index contributed by atoms with van der Waals surface area (Å²) in [5, 5.41) is 6.57. The lowest BCUT2D eigenvalue weighted by Crippen LogP contribution is -2.51. The normalized spacial score (nSPS) is 18.1. The highest BCUT2D eigenvalue weighted by Crippen LogP contribution is 2.30. The number of piperidine rings is 1. The Morgan fingerprint density at radius 3 is 2.44 bits per heavy atom. The zero-order valence-corrected chi connectivity index (χ0v) is 15.9. The highest BCUT2D eigenvalue weighted by Gasteiger charge is 2.39. The minimum absolute atomic E-state index is 0.129. The van der Waals surface area contributed by atoms with E-state index in [1.807, 2.05) is 6.07 Å². The molecule has 2 N–H and O–H groups in total. The molecule has 1 unspecified atom stereocenters. The molecule has 1 atom stereocenters. The Bertz CT molecular complexity index is 505. The summed E-state index contributed by atoms with van der Waals surface area (Å²) < 4.78 is 5.39. The van der Waals surface area contributed by atoms with Crippen LogP contribution in [0.2, 0.25) is 0 Å². The molecule has 1 aliphatic heterocycles. The molecule has 0 bridgehead atoms. The third-order valence-corrected chi connectivity index (χ3v) is 5.36. The summed E-state index contributed by atoms with van der Waals surface area (Å²) in [6, 6.07) is 10.6. The standard InChI is InChI=1S/C20H33N3O2/c1-4-23(5-2)18(17-9-7-6-8-10-17)15-22-19(24)20(16-25-3)11-13-21-14-12-20/h6-10,18,21H,4-5,11-16H2,1-3H3,(H,22,24). The van der Waals surface area contributed by atoms with Crippen molar-refractivity contribution in [3.8, 4) is 0 Å². The molecule has 1 heterocycles. The Kier molecular flexibility index (Phi) is 7.88. The third-order valence-electron chi connectivity index (χ3n) is 5.36. The third kappa shape index (κ3) is 5.03. The van der Waals surface area contributed by atoms with Crippen LogP contribution in [0.15, 0.2) is 30.3 Å². The van der Waals surface area contributed by atoms with Crippen molar-refractivity contribution >= 4 is 5.91 Å². The number of carbonyl (C=O) groups excluding carboxylic acids is 1. The molecule has 1 aromatic carbocycles. The Morgan fingerprint density at radius 2 is 1.88 bits per heavy atom. The number of nitrogens with one attached hydrogen (secondary N) is 2. The predicted molar refractivity (Wildman–Crippen MR) is 102 cm³/mol. The summed E-state index contributed by atoms with van der Waals surface area (Å²) in [5.74, 6) is 0.129. The van der Waals surface area contributed by atoms with Gasteiger partial charge in [-0.3, -0.25) is 9.69 Å². The monoisotopic (exact) mass is 347 g/mol. The molecular formula is C20H33N3O2. The van der Waals surface area contributed by atoms with E-state index in [0.29, 0.717) is 13.2 Å². The van der Waals surface area contributed by atoms with E-state index >= 15 is 0 Å². The molecule has 1 amide bonds. The summed E-state index contributed by atoms with van der Waals surface area (Å²) in [4.78, 5) is 15.4. The van der Waals surface area contributed by atoms with Crippen molar-refractivity contribution in [1.29, 1.82) is 0 Å². The summed E-state index contributed by atoms with van der Waals surface area (Å²) in [5.41, 5.74) is 0.849. The molecule has 25 heavy (non-hydrogen) atoms. The van der Waals surface area contributed by atoms with Gasteiger partial charge in [0.05, 0.1) is 18.1 Å². The first kappa shape index (κ1) is 19.9. The number of rotatable bonds is 9. The first-order valence-electron chi connectivity index (χ1n) is 9.43. The van der Waals surface area contributed by atoms with Crippen molar-refractivity contribution in [1.82, 2.24) is 15.5 Å². The maximum atomic E-state index is 13.0. The van der Waals surface area contributed by atoms with Gasteiger partial charge in [-0.15, -0.1) is 0 Å². The number of methoxy groups -OCH3 is 1. The summed E-state index contributed by atoms with van der Waals surface area (Å²) >= 11 is 0. The Labute approximate surface area is 152 Å². The molecule has 2 rings (SSSR count). The molecule has 1 aliphatic rings. The van der Waals surface area contributed by atoms with E-state index < -0.39 is 5.41 Å². The van der Waals surface area contributed by atoms with Crippen LogP contribution in [-0.4, -0.2) is 57.2 Å². The highest BCUT2D eigenvalue weighted by atomic mass is 16.5. The smallest absolute Gasteiger partial charge is 0.228 e. The number of hydrogen-bond donors (Lipinski definition) is 2. The van der Waals surface area contributed by atoms with Crippen LogP contribution in [0.25, 0.3) is 0 Å². The van der Waals surface area contributed by atoms with Crippen LogP contribution in [0.5, 0.6) is 0 Å². The molecule has 1 fully saturated rings. The number of benzene rings is 1. The van der Waals surface area contributed by atoms with Gasteiger partial charge in [-0.25, -0.2) is 0 Å². The highest BCUT2D eigenvalue weighted by molar-refractivity contribution is 5.83. The average Bonchev–Trinajstić information content (AvgIpc) is 2.66. The van der Waals surface area contributed by atoms with Crippen molar-refractivity contribution in [3.63, 3.8) is 0 Å². The zero-order valence-electron chi connectivity index (χ0n) is 15.9. The second-order valence-electron chi connectivity index (χ2n) is 6.82. The van der Waals surface area contributed by atoms with Gasteiger partial charge in [0, 0.05) is 13.7 Å². The van der Waals surface area contributed by atoms with E-state index in [0.717, 1.165) is 39.0 Å². The van der Waals surface area contributed by atoms with E-state index in [1.54, 1.807) is 7.11 Å². The average molecular weight is 348 g/mol. The SMILES string of the molecule is CCN(CC)C(CNC(=O)C1(COC)CCNCC1)c1ccccc1. The number of amides is 1. The second kappa shape index (κ2) is 9.90. The van der Waals surface area contributed by atoms with E-state index in [4.69, 9.17) is 4.74 Å². The Hall–Kier alpha value is -1.43. The van der Waals surface area contributed by atoms with Crippen molar-refractivity contribution in [2.75, 3.05) is 46.4 Å². The van der Waals surface area contributed by atoms with Crippen molar-refractivity contribution in [2.45, 2.75) is 32.7 Å². The van der Waals surface area contributed by atoms with Gasteiger partial charge in [0.2, 0.25) is 5.91 Å². The minimum Gasteiger partial charge on any atom is -0.384 e. The van der Waals surface area contributed by atoms with Crippen molar-refractivity contribution in [2.24, 2.45) is 5.41 Å².